The van der Waals surface area contributed by atoms with E-state index < -0.39 is 0 Å². The van der Waals surface area contributed by atoms with Gasteiger partial charge in [-0.25, -0.2) is 0 Å². The third kappa shape index (κ3) is 10.8. The first kappa shape index (κ1) is 32.6. The lowest BCUT2D eigenvalue weighted by Crippen LogP contribution is -2.18. The average molecular weight is 529 g/mol. The molecule has 0 atom stereocenters. The Morgan fingerprint density at radius 2 is 1.60 bits per heavy atom. The van der Waals surface area contributed by atoms with Crippen LogP contribution in [-0.2, 0) is 0 Å². The molecule has 0 aromatic carbocycles. The van der Waals surface area contributed by atoms with E-state index in [4.69, 9.17) is 0 Å². The predicted octanol–water partition coefficient (Wildman–Crippen LogP) is 10.7. The largest absolute Gasteiger partial charge is 0.0940 e. The van der Waals surface area contributed by atoms with Crippen LogP contribution in [0.2, 0.25) is 0 Å². The van der Waals surface area contributed by atoms with Gasteiger partial charge in [-0.3, -0.25) is 0 Å². The monoisotopic (exact) mass is 528 g/mol. The minimum absolute atomic E-state index is 0.0856. The van der Waals surface area contributed by atoms with Crippen LogP contribution in [0.25, 0.3) is 0 Å². The Morgan fingerprint density at radius 1 is 0.900 bits per heavy atom. The van der Waals surface area contributed by atoms with Crippen LogP contribution in [0.1, 0.15) is 94.9 Å². The lowest BCUT2D eigenvalue weighted by Gasteiger charge is -2.32. The molecule has 0 saturated heterocycles. The molecular formula is C40H48. The van der Waals surface area contributed by atoms with E-state index in [2.05, 4.69) is 140 Å². The summed E-state index contributed by atoms with van der Waals surface area (Å²) < 4.78 is 0. The van der Waals surface area contributed by atoms with Gasteiger partial charge >= 0.3 is 0 Å². The zero-order valence-corrected chi connectivity index (χ0v) is 26.6. The van der Waals surface area contributed by atoms with E-state index in [1.54, 1.807) is 0 Å². The lowest BCUT2D eigenvalue weighted by atomic mass is 9.73. The maximum absolute atomic E-state index is 3.23. The summed E-state index contributed by atoms with van der Waals surface area (Å²) in [6.45, 7) is 21.8. The summed E-state index contributed by atoms with van der Waals surface area (Å²) in [5.74, 6) is 19.2. The van der Waals surface area contributed by atoms with Crippen molar-refractivity contribution in [1.82, 2.24) is 0 Å². The lowest BCUT2D eigenvalue weighted by molar-refractivity contribution is 0.404. The Labute approximate surface area is 246 Å². The van der Waals surface area contributed by atoms with Gasteiger partial charge in [0.1, 0.15) is 0 Å². The summed E-state index contributed by atoms with van der Waals surface area (Å²) in [6.07, 6.45) is 25.7. The van der Waals surface area contributed by atoms with E-state index in [1.807, 2.05) is 26.0 Å². The van der Waals surface area contributed by atoms with Crippen molar-refractivity contribution in [2.24, 2.45) is 10.8 Å². The third-order valence-electron chi connectivity index (χ3n) is 7.42. The maximum atomic E-state index is 3.23. The second-order valence-corrected chi connectivity index (χ2v) is 12.2. The molecule has 0 N–H and O–H groups in total. The Morgan fingerprint density at radius 3 is 2.30 bits per heavy atom. The maximum Gasteiger partial charge on any atom is 0.0285 e. The first-order valence-electron chi connectivity index (χ1n) is 14.5. The highest BCUT2D eigenvalue weighted by Gasteiger charge is 2.26. The van der Waals surface area contributed by atoms with Crippen molar-refractivity contribution in [3.8, 4) is 35.5 Å². The summed E-state index contributed by atoms with van der Waals surface area (Å²) in [5, 5.41) is 0. The van der Waals surface area contributed by atoms with Gasteiger partial charge in [0.2, 0.25) is 0 Å². The van der Waals surface area contributed by atoms with E-state index >= 15 is 0 Å². The minimum Gasteiger partial charge on any atom is -0.0940 e. The first-order chi connectivity index (χ1) is 18.8. The molecule has 2 rings (SSSR count). The molecule has 0 saturated carbocycles. The first-order valence-corrected chi connectivity index (χ1v) is 14.5. The van der Waals surface area contributed by atoms with Crippen LogP contribution < -0.4 is 0 Å². The normalized spacial score (nSPS) is 20.4. The van der Waals surface area contributed by atoms with Crippen LogP contribution in [0.4, 0.5) is 0 Å². The fourth-order valence-corrected chi connectivity index (χ4v) is 4.94. The number of hydrogen-bond donors (Lipinski definition) is 0. The Kier molecular flexibility index (Phi) is 12.4. The quantitative estimate of drug-likeness (QED) is 0.193. The van der Waals surface area contributed by atoms with Gasteiger partial charge in [-0.15, -0.1) is 0 Å². The zero-order chi connectivity index (χ0) is 29.8. The molecule has 0 radical (unpaired) electrons. The highest BCUT2D eigenvalue weighted by molar-refractivity contribution is 5.44. The highest BCUT2D eigenvalue weighted by atomic mass is 14.3. The molecule has 0 amide bonds. The topological polar surface area (TPSA) is 0 Å². The summed E-state index contributed by atoms with van der Waals surface area (Å²) >= 11 is 0. The summed E-state index contributed by atoms with van der Waals surface area (Å²) in [7, 11) is 0. The Balaban J connectivity index is 1.92. The minimum atomic E-state index is 0.0856. The van der Waals surface area contributed by atoms with Crippen LogP contribution in [0.3, 0.4) is 0 Å². The highest BCUT2D eigenvalue weighted by Crippen LogP contribution is 2.40. The fourth-order valence-electron chi connectivity index (χ4n) is 4.94. The van der Waals surface area contributed by atoms with E-state index in [1.165, 1.54) is 28.7 Å². The molecule has 0 nitrogen and oxygen atoms in total. The van der Waals surface area contributed by atoms with Gasteiger partial charge in [0.25, 0.3) is 0 Å². The molecule has 0 aliphatic heterocycles. The molecule has 0 heteroatoms. The van der Waals surface area contributed by atoms with Gasteiger partial charge < -0.3 is 0 Å². The smallest absolute Gasteiger partial charge is 0.0285 e. The van der Waals surface area contributed by atoms with Gasteiger partial charge in [-0.1, -0.05) is 123 Å². The van der Waals surface area contributed by atoms with Crippen molar-refractivity contribution in [2.75, 3.05) is 0 Å². The van der Waals surface area contributed by atoms with Crippen molar-refractivity contribution < 1.29 is 0 Å². The molecule has 0 unspecified atom stereocenters. The predicted molar refractivity (Wildman–Crippen MR) is 177 cm³/mol. The summed E-state index contributed by atoms with van der Waals surface area (Å²) in [6, 6.07) is 0. The number of allylic oxidation sites excluding steroid dienone is 18. The van der Waals surface area contributed by atoms with E-state index in [0.29, 0.717) is 6.42 Å². The molecule has 208 valence electrons. The van der Waals surface area contributed by atoms with Crippen LogP contribution in [0.5, 0.6) is 0 Å². The molecule has 0 heterocycles. The van der Waals surface area contributed by atoms with Crippen LogP contribution >= 0.6 is 0 Å². The molecule has 0 bridgehead atoms. The van der Waals surface area contributed by atoms with Crippen molar-refractivity contribution in [1.29, 1.82) is 0 Å². The van der Waals surface area contributed by atoms with E-state index in [-0.39, 0.29) is 10.8 Å². The zero-order valence-electron chi connectivity index (χ0n) is 26.6. The number of hydrogen-bond acceptors (Lipinski definition) is 0. The molecule has 2 aliphatic rings. The molecule has 0 spiro atoms. The van der Waals surface area contributed by atoms with Gasteiger partial charge in [0, 0.05) is 17.4 Å². The molecule has 2 aliphatic carbocycles. The van der Waals surface area contributed by atoms with Gasteiger partial charge in [0.15, 0.2) is 0 Å². The fraction of sp³-hybridized carbons (Fsp3) is 0.400. The molecule has 0 fully saturated rings. The third-order valence-corrected chi connectivity index (χ3v) is 7.42. The molecular weight excluding hydrogens is 480 g/mol. The number of rotatable bonds is 4. The van der Waals surface area contributed by atoms with Crippen LogP contribution in [0, 0.1) is 46.4 Å². The van der Waals surface area contributed by atoms with Crippen molar-refractivity contribution in [2.45, 2.75) is 94.9 Å². The van der Waals surface area contributed by atoms with Gasteiger partial charge in [-0.2, -0.15) is 0 Å². The van der Waals surface area contributed by atoms with Crippen molar-refractivity contribution in [3.05, 3.63) is 105 Å². The molecule has 40 heavy (non-hydrogen) atoms. The SMILES string of the molecule is CC1=CCCC(C)(C)/C1=C/C=C(\C)C#C/C=C(\C)C#CC/C=C(\C)C#C/C=C(C)/C=C/C1=C(C)CC=CC1(C)C. The van der Waals surface area contributed by atoms with Crippen molar-refractivity contribution >= 4 is 0 Å². The van der Waals surface area contributed by atoms with Crippen molar-refractivity contribution in [3.63, 3.8) is 0 Å². The van der Waals surface area contributed by atoms with E-state index in [9.17, 15) is 0 Å². The summed E-state index contributed by atoms with van der Waals surface area (Å²) in [5.41, 5.74) is 10.2. The van der Waals surface area contributed by atoms with E-state index in [0.717, 1.165) is 35.1 Å². The Bertz CT molecular complexity index is 1420. The summed E-state index contributed by atoms with van der Waals surface area (Å²) in [4.78, 5) is 0. The second kappa shape index (κ2) is 15.2. The second-order valence-electron chi connectivity index (χ2n) is 12.2. The van der Waals surface area contributed by atoms with Crippen LogP contribution in [-0.4, -0.2) is 0 Å². The Hall–Kier alpha value is -3.66. The molecule has 0 aromatic rings. The molecule has 0 aromatic heterocycles. The standard InChI is InChI=1S/C40H48/c1-31(19-13-21-33(3)25-27-37-35(5)23-15-29-39(37,7)8)17-11-12-18-32(2)20-14-22-34(4)26-28-38-36(6)24-16-30-40(38,9)10/h15,17,20-21,24-29H,11,16,23,30H2,1-10H3/b27-25+,31-17+,32-20+,33-21+,34-26+,38-28+. The average Bonchev–Trinajstić information content (AvgIpc) is 2.85. The van der Waals surface area contributed by atoms with Gasteiger partial charge in [0.05, 0.1) is 0 Å². The van der Waals surface area contributed by atoms with Gasteiger partial charge in [-0.05, 0) is 106 Å². The van der Waals surface area contributed by atoms with Crippen LogP contribution in [0.15, 0.2) is 105 Å².